The Morgan fingerprint density at radius 2 is 2.13 bits per heavy atom. The van der Waals surface area contributed by atoms with Gasteiger partial charge in [0.15, 0.2) is 0 Å². The fourth-order valence-corrected chi connectivity index (χ4v) is 1.62. The van der Waals surface area contributed by atoms with Crippen molar-refractivity contribution in [3.8, 4) is 0 Å². The lowest BCUT2D eigenvalue weighted by Gasteiger charge is -2.20. The fraction of sp³-hybridized carbons (Fsp3) is 0.917. The molecule has 0 heterocycles. The van der Waals surface area contributed by atoms with E-state index in [2.05, 4.69) is 38.0 Å². The van der Waals surface area contributed by atoms with Gasteiger partial charge in [0.1, 0.15) is 0 Å². The average molecular weight is 212 g/mol. The summed E-state index contributed by atoms with van der Waals surface area (Å²) in [6, 6.07) is 0.587. The minimum absolute atomic E-state index is 0.259. The highest BCUT2D eigenvalue weighted by atomic mass is 16.2. The first-order chi connectivity index (χ1) is 7.02. The van der Waals surface area contributed by atoms with Crippen LogP contribution in [0.15, 0.2) is 0 Å². The zero-order valence-corrected chi connectivity index (χ0v) is 10.4. The maximum absolute atomic E-state index is 11.5. The molecule has 1 fully saturated rings. The lowest BCUT2D eigenvalue weighted by molar-refractivity contribution is -0.122. The van der Waals surface area contributed by atoms with Crippen LogP contribution in [0.5, 0.6) is 0 Å². The molecule has 0 spiro atoms. The van der Waals surface area contributed by atoms with Crippen LogP contribution >= 0.6 is 0 Å². The van der Waals surface area contributed by atoms with E-state index in [1.165, 1.54) is 0 Å². The average Bonchev–Trinajstić information content (AvgIpc) is 2.89. The number of carbonyl (C=O) groups is 1. The molecule has 1 saturated carbocycles. The zero-order chi connectivity index (χ0) is 11.4. The van der Waals surface area contributed by atoms with Crippen LogP contribution in [-0.2, 0) is 4.79 Å². The van der Waals surface area contributed by atoms with Crippen molar-refractivity contribution in [3.63, 3.8) is 0 Å². The number of carbonyl (C=O) groups excluding carboxylic acids is 1. The molecule has 0 aromatic rings. The standard InChI is InChI=1S/C12H24N2O/c1-9(2)14(4)7-5-6-13-12(15)11-8-10(11)3/h9-11H,5-8H2,1-4H3,(H,13,15)/t10-,11+/m1/s1. The number of amides is 1. The lowest BCUT2D eigenvalue weighted by Crippen LogP contribution is -2.32. The van der Waals surface area contributed by atoms with Crippen molar-refractivity contribution in [2.45, 2.75) is 39.7 Å². The van der Waals surface area contributed by atoms with Crippen molar-refractivity contribution in [2.24, 2.45) is 11.8 Å². The summed E-state index contributed by atoms with van der Waals surface area (Å²) >= 11 is 0. The third kappa shape index (κ3) is 4.20. The molecule has 0 aromatic carbocycles. The molecule has 0 bridgehead atoms. The van der Waals surface area contributed by atoms with E-state index in [1.54, 1.807) is 0 Å². The van der Waals surface area contributed by atoms with Gasteiger partial charge in [0, 0.05) is 18.5 Å². The highest BCUT2D eigenvalue weighted by Crippen LogP contribution is 2.37. The van der Waals surface area contributed by atoms with E-state index < -0.39 is 0 Å². The summed E-state index contributed by atoms with van der Waals surface area (Å²) in [4.78, 5) is 13.8. The van der Waals surface area contributed by atoms with Crippen LogP contribution in [0.4, 0.5) is 0 Å². The van der Waals surface area contributed by atoms with Crippen LogP contribution in [0.25, 0.3) is 0 Å². The molecule has 1 aliphatic rings. The minimum atomic E-state index is 0.259. The molecule has 0 radical (unpaired) electrons. The summed E-state index contributed by atoms with van der Waals surface area (Å²) in [5.41, 5.74) is 0. The molecule has 0 aromatic heterocycles. The van der Waals surface area contributed by atoms with Gasteiger partial charge in [0.2, 0.25) is 5.91 Å². The van der Waals surface area contributed by atoms with Gasteiger partial charge in [-0.2, -0.15) is 0 Å². The summed E-state index contributed by atoms with van der Waals surface area (Å²) in [7, 11) is 2.12. The van der Waals surface area contributed by atoms with Gasteiger partial charge >= 0.3 is 0 Å². The summed E-state index contributed by atoms with van der Waals surface area (Å²) in [5, 5.41) is 3.00. The second-order valence-corrected chi connectivity index (χ2v) is 5.04. The quantitative estimate of drug-likeness (QED) is 0.677. The Balaban J connectivity index is 1.99. The molecule has 1 N–H and O–H groups in total. The monoisotopic (exact) mass is 212 g/mol. The highest BCUT2D eigenvalue weighted by molar-refractivity contribution is 5.81. The Kier molecular flexibility index (Phi) is 4.58. The normalized spacial score (nSPS) is 24.7. The van der Waals surface area contributed by atoms with Crippen molar-refractivity contribution in [3.05, 3.63) is 0 Å². The smallest absolute Gasteiger partial charge is 0.223 e. The van der Waals surface area contributed by atoms with Gasteiger partial charge < -0.3 is 10.2 Å². The maximum Gasteiger partial charge on any atom is 0.223 e. The van der Waals surface area contributed by atoms with Crippen molar-refractivity contribution in [2.75, 3.05) is 20.1 Å². The lowest BCUT2D eigenvalue weighted by atomic mass is 10.3. The summed E-state index contributed by atoms with van der Waals surface area (Å²) in [6.07, 6.45) is 2.12. The molecule has 0 saturated heterocycles. The van der Waals surface area contributed by atoms with Crippen LogP contribution in [0.3, 0.4) is 0 Å². The third-order valence-electron chi connectivity index (χ3n) is 3.31. The molecule has 3 nitrogen and oxygen atoms in total. The van der Waals surface area contributed by atoms with Gasteiger partial charge in [0.05, 0.1) is 0 Å². The van der Waals surface area contributed by atoms with Gasteiger partial charge in [-0.15, -0.1) is 0 Å². The van der Waals surface area contributed by atoms with Crippen LogP contribution in [0.2, 0.25) is 0 Å². The summed E-state index contributed by atoms with van der Waals surface area (Å²) in [6.45, 7) is 8.38. The number of hydrogen-bond donors (Lipinski definition) is 1. The fourth-order valence-electron chi connectivity index (χ4n) is 1.62. The van der Waals surface area contributed by atoms with Crippen molar-refractivity contribution in [1.82, 2.24) is 10.2 Å². The van der Waals surface area contributed by atoms with Crippen LogP contribution in [0.1, 0.15) is 33.6 Å². The topological polar surface area (TPSA) is 32.3 Å². The van der Waals surface area contributed by atoms with Crippen LogP contribution < -0.4 is 5.32 Å². The third-order valence-corrected chi connectivity index (χ3v) is 3.31. The van der Waals surface area contributed by atoms with Gasteiger partial charge in [-0.05, 0) is 46.2 Å². The van der Waals surface area contributed by atoms with Crippen LogP contribution in [-0.4, -0.2) is 37.0 Å². The molecule has 2 atom stereocenters. The molecular weight excluding hydrogens is 188 g/mol. The van der Waals surface area contributed by atoms with E-state index >= 15 is 0 Å². The van der Waals surface area contributed by atoms with E-state index in [0.29, 0.717) is 17.9 Å². The Morgan fingerprint density at radius 3 is 2.60 bits per heavy atom. The first-order valence-corrected chi connectivity index (χ1v) is 6.00. The van der Waals surface area contributed by atoms with E-state index in [9.17, 15) is 4.79 Å². The maximum atomic E-state index is 11.5. The second-order valence-electron chi connectivity index (χ2n) is 5.04. The number of nitrogens with zero attached hydrogens (tertiary/aromatic N) is 1. The van der Waals surface area contributed by atoms with Gasteiger partial charge in [0.25, 0.3) is 0 Å². The van der Waals surface area contributed by atoms with E-state index in [0.717, 1.165) is 25.9 Å². The highest BCUT2D eigenvalue weighted by Gasteiger charge is 2.38. The molecular formula is C12H24N2O. The van der Waals surface area contributed by atoms with Crippen molar-refractivity contribution in [1.29, 1.82) is 0 Å². The Bertz CT molecular complexity index is 216. The molecule has 0 unspecified atom stereocenters. The minimum Gasteiger partial charge on any atom is -0.356 e. The van der Waals surface area contributed by atoms with Crippen molar-refractivity contribution < 1.29 is 4.79 Å². The van der Waals surface area contributed by atoms with E-state index in [-0.39, 0.29) is 5.91 Å². The number of rotatable bonds is 6. The summed E-state index contributed by atoms with van der Waals surface area (Å²) in [5.74, 6) is 1.19. The predicted molar refractivity (Wildman–Crippen MR) is 62.7 cm³/mol. The Morgan fingerprint density at radius 1 is 1.53 bits per heavy atom. The zero-order valence-electron chi connectivity index (χ0n) is 10.4. The molecule has 1 rings (SSSR count). The van der Waals surface area contributed by atoms with Gasteiger partial charge in [-0.25, -0.2) is 0 Å². The molecule has 0 aliphatic heterocycles. The Labute approximate surface area is 93.2 Å². The molecule has 1 aliphatic carbocycles. The van der Waals surface area contributed by atoms with Crippen LogP contribution in [0, 0.1) is 11.8 Å². The molecule has 15 heavy (non-hydrogen) atoms. The van der Waals surface area contributed by atoms with E-state index in [4.69, 9.17) is 0 Å². The first-order valence-electron chi connectivity index (χ1n) is 6.00. The Hall–Kier alpha value is -0.570. The number of nitrogens with one attached hydrogen (secondary N) is 1. The largest absolute Gasteiger partial charge is 0.356 e. The molecule has 88 valence electrons. The van der Waals surface area contributed by atoms with Gasteiger partial charge in [-0.1, -0.05) is 6.92 Å². The number of hydrogen-bond acceptors (Lipinski definition) is 2. The van der Waals surface area contributed by atoms with Gasteiger partial charge in [-0.3, -0.25) is 4.79 Å². The summed E-state index contributed by atoms with van der Waals surface area (Å²) < 4.78 is 0. The molecule has 3 heteroatoms. The van der Waals surface area contributed by atoms with E-state index in [1.807, 2.05) is 0 Å². The molecule has 1 amide bonds. The second kappa shape index (κ2) is 5.50. The predicted octanol–water partition coefficient (Wildman–Crippen LogP) is 1.49. The van der Waals surface area contributed by atoms with Crippen molar-refractivity contribution >= 4 is 5.91 Å². The SMILES string of the molecule is CC(C)N(C)CCCNC(=O)[C@H]1C[C@H]1C. The first kappa shape index (κ1) is 12.5.